The topological polar surface area (TPSA) is 106 Å². The van der Waals surface area contributed by atoms with Gasteiger partial charge in [0.05, 0.1) is 30.8 Å². The van der Waals surface area contributed by atoms with Crippen molar-refractivity contribution in [2.24, 2.45) is 16.8 Å². The highest BCUT2D eigenvalue weighted by molar-refractivity contribution is 6.32. The molecule has 0 radical (unpaired) electrons. The molecule has 0 saturated heterocycles. The van der Waals surface area contributed by atoms with Crippen LogP contribution < -0.4 is 20.5 Å². The minimum absolute atomic E-state index is 0.159. The van der Waals surface area contributed by atoms with E-state index in [9.17, 15) is 4.79 Å². The lowest BCUT2D eigenvalue weighted by Crippen LogP contribution is -2.34. The number of carbonyl (C=O) groups excluding carboxylic acids is 1. The van der Waals surface area contributed by atoms with Crippen LogP contribution in [0.2, 0.25) is 5.02 Å². The van der Waals surface area contributed by atoms with E-state index in [1.54, 1.807) is 13.0 Å². The normalized spacial score (nSPS) is 12.7. The molecule has 116 valence electrons. The molecule has 0 aliphatic heterocycles. The fourth-order valence-electron chi connectivity index (χ4n) is 1.78. The zero-order valence-electron chi connectivity index (χ0n) is 12.0. The quantitative estimate of drug-likeness (QED) is 0.322. The second-order valence-corrected chi connectivity index (χ2v) is 4.57. The van der Waals surface area contributed by atoms with Gasteiger partial charge in [-0.3, -0.25) is 4.79 Å². The molecule has 0 heterocycles. The van der Waals surface area contributed by atoms with E-state index in [1.165, 1.54) is 20.3 Å². The lowest BCUT2D eigenvalue weighted by molar-refractivity contribution is -0.118. The van der Waals surface area contributed by atoms with Gasteiger partial charge in [-0.05, 0) is 12.5 Å². The van der Waals surface area contributed by atoms with Crippen molar-refractivity contribution in [3.05, 3.63) is 17.2 Å². The summed E-state index contributed by atoms with van der Waals surface area (Å²) in [7, 11) is 2.93. The molecule has 0 aliphatic rings. The number of benzene rings is 1. The Labute approximate surface area is 127 Å². The standard InChI is InChI=1S/C13H18ClN3O4/c1-4-7(12(15)17-19)13(18)16-9-5-8(14)10(20-2)6-11(9)21-3/h5-7,19H,4H2,1-3H3,(H2,15,17)(H,16,18). The Morgan fingerprint density at radius 2 is 2.05 bits per heavy atom. The minimum Gasteiger partial charge on any atom is -0.495 e. The number of hydrogen-bond donors (Lipinski definition) is 3. The fourth-order valence-corrected chi connectivity index (χ4v) is 2.02. The number of methoxy groups -OCH3 is 2. The van der Waals surface area contributed by atoms with Crippen molar-refractivity contribution < 1.29 is 19.5 Å². The van der Waals surface area contributed by atoms with Gasteiger partial charge in [-0.1, -0.05) is 23.7 Å². The molecule has 0 saturated carbocycles. The van der Waals surface area contributed by atoms with Crippen molar-refractivity contribution >= 4 is 29.0 Å². The first-order valence-electron chi connectivity index (χ1n) is 6.18. The number of oxime groups is 1. The minimum atomic E-state index is -0.749. The molecule has 8 heteroatoms. The number of amides is 1. The maximum atomic E-state index is 12.2. The molecule has 21 heavy (non-hydrogen) atoms. The molecule has 1 atom stereocenters. The van der Waals surface area contributed by atoms with Crippen molar-refractivity contribution in [1.82, 2.24) is 0 Å². The van der Waals surface area contributed by atoms with E-state index in [1.807, 2.05) is 0 Å². The fraction of sp³-hybridized carbons (Fsp3) is 0.385. The molecular weight excluding hydrogens is 298 g/mol. The number of nitrogens with one attached hydrogen (secondary N) is 1. The smallest absolute Gasteiger partial charge is 0.235 e. The molecule has 1 rings (SSSR count). The number of ether oxygens (including phenoxy) is 2. The lowest BCUT2D eigenvalue weighted by Gasteiger charge is -2.16. The number of anilines is 1. The second-order valence-electron chi connectivity index (χ2n) is 4.16. The summed E-state index contributed by atoms with van der Waals surface area (Å²) >= 11 is 6.02. The van der Waals surface area contributed by atoms with Crippen LogP contribution in [0.5, 0.6) is 11.5 Å². The van der Waals surface area contributed by atoms with E-state index in [2.05, 4.69) is 10.5 Å². The largest absolute Gasteiger partial charge is 0.495 e. The van der Waals surface area contributed by atoms with Crippen LogP contribution in [-0.2, 0) is 4.79 Å². The maximum Gasteiger partial charge on any atom is 0.235 e. The first kappa shape index (κ1) is 16.9. The van der Waals surface area contributed by atoms with Crippen molar-refractivity contribution in [3.63, 3.8) is 0 Å². The van der Waals surface area contributed by atoms with Gasteiger partial charge in [0, 0.05) is 6.07 Å². The molecule has 0 aromatic heterocycles. The molecule has 7 nitrogen and oxygen atoms in total. The van der Waals surface area contributed by atoms with E-state index in [-0.39, 0.29) is 5.84 Å². The Morgan fingerprint density at radius 1 is 1.43 bits per heavy atom. The van der Waals surface area contributed by atoms with Crippen LogP contribution in [-0.4, -0.2) is 31.2 Å². The Bertz CT molecular complexity index is 548. The Balaban J connectivity index is 3.07. The number of nitrogens with two attached hydrogens (primary N) is 1. The highest BCUT2D eigenvalue weighted by Gasteiger charge is 2.23. The average molecular weight is 316 g/mol. The molecule has 0 spiro atoms. The van der Waals surface area contributed by atoms with Crippen LogP contribution in [0, 0.1) is 5.92 Å². The van der Waals surface area contributed by atoms with Crippen molar-refractivity contribution in [1.29, 1.82) is 0 Å². The Hall–Kier alpha value is -2.15. The van der Waals surface area contributed by atoms with E-state index < -0.39 is 11.8 Å². The number of amidine groups is 1. The number of hydrogen-bond acceptors (Lipinski definition) is 5. The number of rotatable bonds is 6. The first-order chi connectivity index (χ1) is 9.98. The van der Waals surface area contributed by atoms with E-state index in [0.717, 1.165) is 0 Å². The monoisotopic (exact) mass is 315 g/mol. The SMILES string of the molecule is CCC(C(=O)Nc1cc(Cl)c(OC)cc1OC)C(N)=NO. The van der Waals surface area contributed by atoms with Gasteiger partial charge in [0.1, 0.15) is 11.5 Å². The van der Waals surface area contributed by atoms with Crippen LogP contribution in [0.25, 0.3) is 0 Å². The summed E-state index contributed by atoms with van der Waals surface area (Å²) in [5, 5.41) is 14.5. The summed E-state index contributed by atoms with van der Waals surface area (Å²) in [6.07, 6.45) is 0.383. The summed E-state index contributed by atoms with van der Waals surface area (Å²) in [4.78, 5) is 12.2. The predicted molar refractivity (Wildman–Crippen MR) is 80.4 cm³/mol. The number of halogens is 1. The van der Waals surface area contributed by atoms with Gasteiger partial charge in [-0.2, -0.15) is 0 Å². The molecule has 0 aliphatic carbocycles. The number of nitrogens with zero attached hydrogens (tertiary/aromatic N) is 1. The van der Waals surface area contributed by atoms with Crippen molar-refractivity contribution in [2.75, 3.05) is 19.5 Å². The first-order valence-corrected chi connectivity index (χ1v) is 6.56. The van der Waals surface area contributed by atoms with Gasteiger partial charge in [-0.25, -0.2) is 0 Å². The third-order valence-corrected chi connectivity index (χ3v) is 3.22. The maximum absolute atomic E-state index is 12.2. The second kappa shape index (κ2) is 7.58. The summed E-state index contributed by atoms with van der Waals surface area (Å²) in [5.74, 6) is -0.518. The molecule has 1 aromatic carbocycles. The Morgan fingerprint density at radius 3 is 2.52 bits per heavy atom. The van der Waals surface area contributed by atoms with Crippen LogP contribution in [0.1, 0.15) is 13.3 Å². The summed E-state index contributed by atoms with van der Waals surface area (Å²) < 4.78 is 10.3. The van der Waals surface area contributed by atoms with Crippen LogP contribution >= 0.6 is 11.6 Å². The molecule has 1 unspecified atom stereocenters. The van der Waals surface area contributed by atoms with Crippen LogP contribution in [0.3, 0.4) is 0 Å². The van der Waals surface area contributed by atoms with Gasteiger partial charge in [0.15, 0.2) is 5.84 Å². The van der Waals surface area contributed by atoms with Gasteiger partial charge in [0.25, 0.3) is 0 Å². The highest BCUT2D eigenvalue weighted by Crippen LogP contribution is 2.36. The van der Waals surface area contributed by atoms with Crippen LogP contribution in [0.4, 0.5) is 5.69 Å². The summed E-state index contributed by atoms with van der Waals surface area (Å²) in [6, 6.07) is 3.07. The predicted octanol–water partition coefficient (Wildman–Crippen LogP) is 2.07. The highest BCUT2D eigenvalue weighted by atomic mass is 35.5. The van der Waals surface area contributed by atoms with Gasteiger partial charge in [0.2, 0.25) is 5.91 Å². The van der Waals surface area contributed by atoms with Crippen molar-refractivity contribution in [2.45, 2.75) is 13.3 Å². The average Bonchev–Trinajstić information content (AvgIpc) is 2.48. The zero-order chi connectivity index (χ0) is 16.0. The van der Waals surface area contributed by atoms with Gasteiger partial charge in [-0.15, -0.1) is 0 Å². The molecule has 1 amide bonds. The van der Waals surface area contributed by atoms with E-state index >= 15 is 0 Å². The lowest BCUT2D eigenvalue weighted by atomic mass is 10.0. The van der Waals surface area contributed by atoms with E-state index in [0.29, 0.717) is 28.6 Å². The molecule has 0 fully saturated rings. The van der Waals surface area contributed by atoms with Gasteiger partial charge >= 0.3 is 0 Å². The van der Waals surface area contributed by atoms with Gasteiger partial charge < -0.3 is 25.7 Å². The van der Waals surface area contributed by atoms with Crippen LogP contribution in [0.15, 0.2) is 17.3 Å². The molecule has 1 aromatic rings. The number of carbonyl (C=O) groups is 1. The van der Waals surface area contributed by atoms with E-state index in [4.69, 9.17) is 32.0 Å². The molecule has 0 bridgehead atoms. The Kier molecular flexibility index (Phi) is 6.10. The third kappa shape index (κ3) is 3.91. The zero-order valence-corrected chi connectivity index (χ0v) is 12.8. The van der Waals surface area contributed by atoms with Crippen molar-refractivity contribution in [3.8, 4) is 11.5 Å². The third-order valence-electron chi connectivity index (χ3n) is 2.93. The molecular formula is C13H18ClN3O4. The molecule has 4 N–H and O–H groups in total. The summed E-state index contributed by atoms with van der Waals surface area (Å²) in [6.45, 7) is 1.75. The summed E-state index contributed by atoms with van der Waals surface area (Å²) in [5.41, 5.74) is 5.86.